The van der Waals surface area contributed by atoms with Gasteiger partial charge < -0.3 is 4.74 Å². The fourth-order valence-electron chi connectivity index (χ4n) is 3.51. The lowest BCUT2D eigenvalue weighted by Crippen LogP contribution is -2.38. The van der Waals surface area contributed by atoms with Gasteiger partial charge in [0.15, 0.2) is 5.78 Å². The van der Waals surface area contributed by atoms with Gasteiger partial charge >= 0.3 is 0 Å². The van der Waals surface area contributed by atoms with Crippen LogP contribution in [0.4, 0.5) is 0 Å². The molecule has 0 N–H and O–H groups in total. The average molecular weight is 376 g/mol. The van der Waals surface area contributed by atoms with Crippen LogP contribution >= 0.6 is 11.6 Å². The lowest BCUT2D eigenvalue weighted by atomic mass is 9.89. The molecule has 1 aliphatic heterocycles. The third-order valence-corrected chi connectivity index (χ3v) is 5.13. The molecule has 6 heteroatoms. The molecule has 0 saturated carbocycles. The number of benzene rings is 1. The zero-order valence-electron chi connectivity index (χ0n) is 15.6. The molecule has 0 aliphatic carbocycles. The van der Waals surface area contributed by atoms with Crippen molar-refractivity contribution in [2.24, 2.45) is 5.92 Å². The fourth-order valence-corrected chi connectivity index (χ4v) is 3.68. The van der Waals surface area contributed by atoms with Gasteiger partial charge in [0.05, 0.1) is 18.9 Å². The molecule has 1 saturated heterocycles. The number of nitrogens with zero attached hydrogens (tertiary/aromatic N) is 3. The van der Waals surface area contributed by atoms with Crippen molar-refractivity contribution < 1.29 is 9.53 Å². The Kier molecular flexibility index (Phi) is 5.99. The van der Waals surface area contributed by atoms with Crippen LogP contribution in [0.5, 0.6) is 5.75 Å². The van der Waals surface area contributed by atoms with Crippen molar-refractivity contribution in [2.75, 3.05) is 20.2 Å². The molecule has 0 spiro atoms. The Hall–Kier alpha value is -1.85. The first kappa shape index (κ1) is 18.9. The van der Waals surface area contributed by atoms with E-state index in [1.165, 1.54) is 5.56 Å². The first-order valence-electron chi connectivity index (χ1n) is 9.11. The number of likely N-dealkylation sites (tertiary alicyclic amines) is 1. The molecule has 1 fully saturated rings. The molecule has 140 valence electrons. The molecule has 26 heavy (non-hydrogen) atoms. The minimum atomic E-state index is -0.0312. The summed E-state index contributed by atoms with van der Waals surface area (Å²) >= 11 is 6.09. The number of piperidine rings is 1. The summed E-state index contributed by atoms with van der Waals surface area (Å²) in [4.78, 5) is 15.4. The van der Waals surface area contributed by atoms with Crippen molar-refractivity contribution in [3.8, 4) is 5.75 Å². The second-order valence-electron chi connectivity index (χ2n) is 7.21. The summed E-state index contributed by atoms with van der Waals surface area (Å²) < 4.78 is 7.33. The molecule has 1 unspecified atom stereocenters. The molecule has 1 aromatic carbocycles. The highest BCUT2D eigenvalue weighted by atomic mass is 35.5. The maximum Gasteiger partial charge on any atom is 0.170 e. The van der Waals surface area contributed by atoms with Crippen LogP contribution in [0.2, 0.25) is 5.02 Å². The number of carbonyl (C=O) groups is 1. The maximum absolute atomic E-state index is 13.0. The van der Waals surface area contributed by atoms with E-state index >= 15 is 0 Å². The molecule has 0 radical (unpaired) electrons. The first-order chi connectivity index (χ1) is 12.5. The maximum atomic E-state index is 13.0. The van der Waals surface area contributed by atoms with Crippen LogP contribution in [0.15, 0.2) is 30.6 Å². The van der Waals surface area contributed by atoms with Crippen molar-refractivity contribution in [3.05, 3.63) is 46.7 Å². The Bertz CT molecular complexity index is 772. The van der Waals surface area contributed by atoms with E-state index in [0.717, 1.165) is 32.5 Å². The normalized spacial score (nSPS) is 18.3. The number of ether oxygens (including phenoxy) is 1. The molecule has 1 atom stereocenters. The predicted octanol–water partition coefficient (Wildman–Crippen LogP) is 4.22. The first-order valence-corrected chi connectivity index (χ1v) is 9.49. The Labute approximate surface area is 159 Å². The third kappa shape index (κ3) is 4.27. The summed E-state index contributed by atoms with van der Waals surface area (Å²) in [6, 6.07) is 5.58. The van der Waals surface area contributed by atoms with E-state index in [1.807, 2.05) is 10.9 Å². The van der Waals surface area contributed by atoms with Crippen molar-refractivity contribution in [3.63, 3.8) is 0 Å². The van der Waals surface area contributed by atoms with Crippen LogP contribution in [-0.2, 0) is 6.54 Å². The molecule has 1 aliphatic rings. The van der Waals surface area contributed by atoms with E-state index < -0.39 is 0 Å². The van der Waals surface area contributed by atoms with E-state index in [2.05, 4.69) is 30.0 Å². The van der Waals surface area contributed by atoms with Gasteiger partial charge in [-0.2, -0.15) is 5.10 Å². The molecular weight excluding hydrogens is 350 g/mol. The molecular formula is C20H26ClN3O2. The van der Waals surface area contributed by atoms with Crippen LogP contribution in [0.25, 0.3) is 0 Å². The minimum Gasteiger partial charge on any atom is -0.496 e. The van der Waals surface area contributed by atoms with E-state index in [0.29, 0.717) is 22.4 Å². The Morgan fingerprint density at radius 3 is 2.92 bits per heavy atom. The Morgan fingerprint density at radius 2 is 2.23 bits per heavy atom. The molecule has 3 rings (SSSR count). The summed E-state index contributed by atoms with van der Waals surface area (Å²) in [5.41, 5.74) is 1.77. The summed E-state index contributed by atoms with van der Waals surface area (Å²) in [7, 11) is 1.58. The van der Waals surface area contributed by atoms with E-state index in [-0.39, 0.29) is 11.7 Å². The van der Waals surface area contributed by atoms with E-state index in [9.17, 15) is 4.79 Å². The van der Waals surface area contributed by atoms with Crippen LogP contribution < -0.4 is 4.74 Å². The topological polar surface area (TPSA) is 47.4 Å². The quantitative estimate of drug-likeness (QED) is 0.709. The van der Waals surface area contributed by atoms with Crippen LogP contribution in [0.1, 0.15) is 48.7 Å². The highest BCUT2D eigenvalue weighted by molar-refractivity contribution is 6.31. The molecule has 2 aromatic rings. The van der Waals surface area contributed by atoms with E-state index in [4.69, 9.17) is 16.3 Å². The predicted molar refractivity (Wildman–Crippen MR) is 103 cm³/mol. The van der Waals surface area contributed by atoms with Crippen molar-refractivity contribution in [2.45, 2.75) is 39.3 Å². The molecule has 0 bridgehead atoms. The van der Waals surface area contributed by atoms with Gasteiger partial charge in [-0.3, -0.25) is 14.4 Å². The van der Waals surface area contributed by atoms with Crippen LogP contribution in [0, 0.1) is 5.92 Å². The largest absolute Gasteiger partial charge is 0.496 e. The van der Waals surface area contributed by atoms with Crippen molar-refractivity contribution in [1.29, 1.82) is 0 Å². The van der Waals surface area contributed by atoms with E-state index in [1.54, 1.807) is 25.3 Å². The number of methoxy groups -OCH3 is 1. The summed E-state index contributed by atoms with van der Waals surface area (Å²) in [6.07, 6.45) is 5.93. The number of carbonyl (C=O) groups excluding carboxylic acids is 1. The van der Waals surface area contributed by atoms with Gasteiger partial charge in [-0.25, -0.2) is 0 Å². The molecule has 2 heterocycles. The molecule has 5 nitrogen and oxygen atoms in total. The number of aromatic nitrogens is 2. The third-order valence-electron chi connectivity index (χ3n) is 4.89. The number of hydrogen-bond donors (Lipinski definition) is 0. The fraction of sp³-hybridized carbons (Fsp3) is 0.500. The van der Waals surface area contributed by atoms with Crippen molar-refractivity contribution in [1.82, 2.24) is 14.7 Å². The minimum absolute atomic E-state index is 0.0312. The highest BCUT2D eigenvalue weighted by Crippen LogP contribution is 2.29. The van der Waals surface area contributed by atoms with Gasteiger partial charge in [-0.15, -0.1) is 0 Å². The lowest BCUT2D eigenvalue weighted by molar-refractivity contribution is 0.0808. The summed E-state index contributed by atoms with van der Waals surface area (Å²) in [6.45, 7) is 6.81. The summed E-state index contributed by atoms with van der Waals surface area (Å²) in [5.74, 6) is 0.679. The number of Topliss-reactive ketones (excluding diaryl/α,β-unsaturated/α-hetero) is 1. The second-order valence-corrected chi connectivity index (χ2v) is 7.64. The number of hydrogen-bond acceptors (Lipinski definition) is 4. The van der Waals surface area contributed by atoms with Gasteiger partial charge in [0.1, 0.15) is 5.75 Å². The smallest absolute Gasteiger partial charge is 0.170 e. The average Bonchev–Trinajstić information content (AvgIpc) is 3.10. The lowest BCUT2D eigenvalue weighted by Gasteiger charge is -2.31. The monoisotopic (exact) mass is 375 g/mol. The summed E-state index contributed by atoms with van der Waals surface area (Å²) in [5, 5.41) is 4.97. The van der Waals surface area contributed by atoms with Gasteiger partial charge in [0.25, 0.3) is 0 Å². The Morgan fingerprint density at radius 1 is 1.42 bits per heavy atom. The highest BCUT2D eigenvalue weighted by Gasteiger charge is 2.28. The SMILES string of the molecule is COc1ccc(Cl)cc1C(=O)C1CCCN(Cc2cnn(C(C)C)c2)C1. The Balaban J connectivity index is 1.69. The zero-order chi connectivity index (χ0) is 18.7. The van der Waals surface area contributed by atoms with Crippen LogP contribution in [-0.4, -0.2) is 40.7 Å². The van der Waals surface area contributed by atoms with Crippen LogP contribution in [0.3, 0.4) is 0 Å². The van der Waals surface area contributed by atoms with Gasteiger partial charge in [-0.1, -0.05) is 11.6 Å². The molecule has 0 amide bonds. The van der Waals surface area contributed by atoms with Gasteiger partial charge in [0.2, 0.25) is 0 Å². The molecule has 1 aromatic heterocycles. The van der Waals surface area contributed by atoms with Crippen molar-refractivity contribution >= 4 is 17.4 Å². The number of halogens is 1. The number of rotatable bonds is 6. The zero-order valence-corrected chi connectivity index (χ0v) is 16.4. The van der Waals surface area contributed by atoms with Gasteiger partial charge in [-0.05, 0) is 51.4 Å². The van der Waals surface area contributed by atoms with Gasteiger partial charge in [0, 0.05) is 41.8 Å². The number of ketones is 1. The standard InChI is InChI=1S/C20H26ClN3O2/c1-14(2)24-12-15(10-22-24)11-23-8-4-5-16(13-23)20(25)18-9-17(21)6-7-19(18)26-3/h6-7,9-10,12,14,16H,4-5,8,11,13H2,1-3H3. The second kappa shape index (κ2) is 8.23.